The Morgan fingerprint density at radius 2 is 2.28 bits per heavy atom. The molecule has 0 aliphatic carbocycles. The van der Waals surface area contributed by atoms with Gasteiger partial charge in [0, 0.05) is 26.0 Å². The van der Waals surface area contributed by atoms with Gasteiger partial charge in [0.05, 0.1) is 5.69 Å². The van der Waals surface area contributed by atoms with Gasteiger partial charge in [-0.2, -0.15) is 0 Å². The van der Waals surface area contributed by atoms with E-state index in [0.717, 1.165) is 41.7 Å². The van der Waals surface area contributed by atoms with Gasteiger partial charge < -0.3 is 14.1 Å². The largest absolute Gasteiger partial charge is 0.460 e. The van der Waals surface area contributed by atoms with E-state index >= 15 is 0 Å². The van der Waals surface area contributed by atoms with Crippen LogP contribution in [0.1, 0.15) is 30.1 Å². The number of aliphatic hydroxyl groups is 1. The van der Waals surface area contributed by atoms with Crippen LogP contribution in [0.3, 0.4) is 0 Å². The van der Waals surface area contributed by atoms with Crippen molar-refractivity contribution in [1.29, 1.82) is 0 Å². The van der Waals surface area contributed by atoms with Crippen molar-refractivity contribution in [2.45, 2.75) is 39.2 Å². The molecule has 4 heteroatoms. The van der Waals surface area contributed by atoms with E-state index in [1.54, 1.807) is 0 Å². The first-order chi connectivity index (χ1) is 8.79. The van der Waals surface area contributed by atoms with Gasteiger partial charge in [-0.15, -0.1) is 0 Å². The lowest BCUT2D eigenvalue weighted by Crippen LogP contribution is -2.13. The Bertz CT molecular complexity index is 554. The minimum atomic E-state index is 0.151. The van der Waals surface area contributed by atoms with Crippen molar-refractivity contribution >= 4 is 0 Å². The van der Waals surface area contributed by atoms with Crippen LogP contribution < -0.4 is 0 Å². The second kappa shape index (κ2) is 4.61. The summed E-state index contributed by atoms with van der Waals surface area (Å²) in [7, 11) is 0. The topological polar surface area (TPSA) is 51.2 Å². The molecule has 96 valence electrons. The van der Waals surface area contributed by atoms with Crippen molar-refractivity contribution < 1.29 is 9.52 Å². The Morgan fingerprint density at radius 1 is 1.39 bits per heavy atom. The standard InChI is InChI=1S/C14H18N2O2/c1-10-5-6-12(18-10)14-11(7-9-17)16-8-3-2-4-13(16)15-14/h5-6,17H,2-4,7-9H2,1H3. The van der Waals surface area contributed by atoms with Gasteiger partial charge in [-0.1, -0.05) is 0 Å². The zero-order valence-corrected chi connectivity index (χ0v) is 10.6. The molecular weight excluding hydrogens is 228 g/mol. The van der Waals surface area contributed by atoms with Crippen molar-refractivity contribution in [1.82, 2.24) is 9.55 Å². The van der Waals surface area contributed by atoms with E-state index < -0.39 is 0 Å². The molecule has 3 rings (SSSR count). The van der Waals surface area contributed by atoms with Crippen LogP contribution >= 0.6 is 0 Å². The van der Waals surface area contributed by atoms with E-state index in [1.165, 1.54) is 12.8 Å². The smallest absolute Gasteiger partial charge is 0.154 e. The number of hydrogen-bond acceptors (Lipinski definition) is 3. The monoisotopic (exact) mass is 246 g/mol. The fourth-order valence-corrected chi connectivity index (χ4v) is 2.66. The summed E-state index contributed by atoms with van der Waals surface area (Å²) in [6.45, 7) is 3.10. The Hall–Kier alpha value is -1.55. The molecule has 0 saturated carbocycles. The van der Waals surface area contributed by atoms with E-state index in [4.69, 9.17) is 9.40 Å². The molecule has 0 bridgehead atoms. The maximum absolute atomic E-state index is 9.24. The zero-order valence-electron chi connectivity index (χ0n) is 10.6. The molecule has 2 aromatic rings. The lowest BCUT2D eigenvalue weighted by molar-refractivity contribution is 0.295. The average molecular weight is 246 g/mol. The lowest BCUT2D eigenvalue weighted by atomic mass is 10.1. The van der Waals surface area contributed by atoms with Gasteiger partial charge in [0.15, 0.2) is 5.76 Å². The predicted octanol–water partition coefficient (Wildman–Crippen LogP) is 2.32. The number of aromatic nitrogens is 2. The molecule has 0 radical (unpaired) electrons. The average Bonchev–Trinajstić information content (AvgIpc) is 2.95. The molecule has 1 N–H and O–H groups in total. The Kier molecular flexibility index (Phi) is 2.96. The third kappa shape index (κ3) is 1.86. The molecule has 0 unspecified atom stereocenters. The maximum Gasteiger partial charge on any atom is 0.154 e. The van der Waals surface area contributed by atoms with Gasteiger partial charge >= 0.3 is 0 Å². The minimum absolute atomic E-state index is 0.151. The Labute approximate surface area is 106 Å². The SMILES string of the molecule is Cc1ccc(-c2nc3n(c2CCO)CCCC3)o1. The molecule has 0 atom stereocenters. The molecule has 4 nitrogen and oxygen atoms in total. The van der Waals surface area contributed by atoms with Gasteiger partial charge in [-0.3, -0.25) is 0 Å². The fraction of sp³-hybridized carbons (Fsp3) is 0.500. The van der Waals surface area contributed by atoms with Crippen LogP contribution in [-0.4, -0.2) is 21.3 Å². The first-order valence-corrected chi connectivity index (χ1v) is 6.55. The van der Waals surface area contributed by atoms with Gasteiger partial charge in [-0.05, 0) is 31.9 Å². The van der Waals surface area contributed by atoms with E-state index in [2.05, 4.69) is 4.57 Å². The molecule has 0 aromatic carbocycles. The van der Waals surface area contributed by atoms with Gasteiger partial charge in [0.1, 0.15) is 17.3 Å². The first-order valence-electron chi connectivity index (χ1n) is 6.55. The zero-order chi connectivity index (χ0) is 12.5. The second-order valence-corrected chi connectivity index (χ2v) is 4.82. The van der Waals surface area contributed by atoms with E-state index in [9.17, 15) is 5.11 Å². The molecule has 0 amide bonds. The highest BCUT2D eigenvalue weighted by atomic mass is 16.3. The molecule has 3 heterocycles. The van der Waals surface area contributed by atoms with Crippen molar-refractivity contribution in [3.63, 3.8) is 0 Å². The van der Waals surface area contributed by atoms with Crippen LogP contribution in [0.5, 0.6) is 0 Å². The highest BCUT2D eigenvalue weighted by Crippen LogP contribution is 2.29. The van der Waals surface area contributed by atoms with E-state index in [0.29, 0.717) is 6.42 Å². The quantitative estimate of drug-likeness (QED) is 0.904. The normalized spacial score (nSPS) is 14.8. The number of nitrogens with zero attached hydrogens (tertiary/aromatic N) is 2. The molecule has 0 fully saturated rings. The third-order valence-electron chi connectivity index (χ3n) is 3.51. The summed E-state index contributed by atoms with van der Waals surface area (Å²) in [5.41, 5.74) is 2.02. The highest BCUT2D eigenvalue weighted by molar-refractivity contribution is 5.57. The van der Waals surface area contributed by atoms with E-state index in [1.807, 2.05) is 19.1 Å². The van der Waals surface area contributed by atoms with Crippen LogP contribution in [-0.2, 0) is 19.4 Å². The number of aryl methyl sites for hydroxylation is 2. The number of furan rings is 1. The summed E-state index contributed by atoms with van der Waals surface area (Å²) in [5, 5.41) is 9.24. The van der Waals surface area contributed by atoms with Crippen molar-refractivity contribution in [2.75, 3.05) is 6.61 Å². The molecule has 18 heavy (non-hydrogen) atoms. The molecule has 0 saturated heterocycles. The Balaban J connectivity index is 2.10. The number of aliphatic hydroxyl groups excluding tert-OH is 1. The molecule has 0 spiro atoms. The van der Waals surface area contributed by atoms with Crippen molar-refractivity contribution in [2.24, 2.45) is 0 Å². The fourth-order valence-electron chi connectivity index (χ4n) is 2.66. The summed E-state index contributed by atoms with van der Waals surface area (Å²) in [6, 6.07) is 3.92. The molecular formula is C14H18N2O2. The van der Waals surface area contributed by atoms with Crippen LogP contribution in [0, 0.1) is 6.92 Å². The number of hydrogen-bond donors (Lipinski definition) is 1. The van der Waals surface area contributed by atoms with Crippen LogP contribution in [0.25, 0.3) is 11.5 Å². The molecule has 1 aliphatic heterocycles. The summed E-state index contributed by atoms with van der Waals surface area (Å²) < 4.78 is 7.93. The summed E-state index contributed by atoms with van der Waals surface area (Å²) in [4.78, 5) is 4.71. The number of rotatable bonds is 3. The number of fused-ring (bicyclic) bond motifs is 1. The van der Waals surface area contributed by atoms with Gasteiger partial charge in [-0.25, -0.2) is 4.98 Å². The van der Waals surface area contributed by atoms with Crippen molar-refractivity contribution in [3.8, 4) is 11.5 Å². The number of imidazole rings is 1. The predicted molar refractivity (Wildman–Crippen MR) is 68.4 cm³/mol. The van der Waals surface area contributed by atoms with Crippen molar-refractivity contribution in [3.05, 3.63) is 29.4 Å². The van der Waals surface area contributed by atoms with Gasteiger partial charge in [0.2, 0.25) is 0 Å². The maximum atomic E-state index is 9.24. The summed E-state index contributed by atoms with van der Waals surface area (Å²) in [5.74, 6) is 2.84. The summed E-state index contributed by atoms with van der Waals surface area (Å²) in [6.07, 6.45) is 4.06. The Morgan fingerprint density at radius 3 is 3.00 bits per heavy atom. The highest BCUT2D eigenvalue weighted by Gasteiger charge is 2.21. The minimum Gasteiger partial charge on any atom is -0.460 e. The third-order valence-corrected chi connectivity index (χ3v) is 3.51. The van der Waals surface area contributed by atoms with Crippen LogP contribution in [0.2, 0.25) is 0 Å². The summed E-state index contributed by atoms with van der Waals surface area (Å²) >= 11 is 0. The van der Waals surface area contributed by atoms with Crippen LogP contribution in [0.4, 0.5) is 0 Å². The molecule has 2 aromatic heterocycles. The molecule has 1 aliphatic rings. The van der Waals surface area contributed by atoms with Crippen LogP contribution in [0.15, 0.2) is 16.5 Å². The second-order valence-electron chi connectivity index (χ2n) is 4.82. The van der Waals surface area contributed by atoms with Gasteiger partial charge in [0.25, 0.3) is 0 Å². The first kappa shape index (κ1) is 11.5. The lowest BCUT2D eigenvalue weighted by Gasteiger charge is -2.15. The van der Waals surface area contributed by atoms with E-state index in [-0.39, 0.29) is 6.61 Å².